The van der Waals surface area contributed by atoms with Gasteiger partial charge in [0.25, 0.3) is 0 Å². The van der Waals surface area contributed by atoms with E-state index in [1.165, 1.54) is 0 Å². The van der Waals surface area contributed by atoms with Crippen LogP contribution in [0.3, 0.4) is 0 Å². The first-order valence-electron chi connectivity index (χ1n) is 8.16. The van der Waals surface area contributed by atoms with Gasteiger partial charge in [-0.1, -0.05) is 13.8 Å². The van der Waals surface area contributed by atoms with Crippen LogP contribution in [0.5, 0.6) is 0 Å². The van der Waals surface area contributed by atoms with Crippen LogP contribution < -0.4 is 4.90 Å². The Bertz CT molecular complexity index is 595. The van der Waals surface area contributed by atoms with Gasteiger partial charge in [0.15, 0.2) is 5.82 Å². The number of aromatic nitrogens is 2. The van der Waals surface area contributed by atoms with Crippen molar-refractivity contribution in [3.63, 3.8) is 0 Å². The van der Waals surface area contributed by atoms with Crippen LogP contribution in [0.1, 0.15) is 44.5 Å². The highest BCUT2D eigenvalue weighted by Gasteiger charge is 2.35. The summed E-state index contributed by atoms with van der Waals surface area (Å²) in [7, 11) is 1.67. The summed E-state index contributed by atoms with van der Waals surface area (Å²) in [5.74, 6) is 0.666. The average molecular weight is 318 g/mol. The van der Waals surface area contributed by atoms with Crippen LogP contribution in [-0.2, 0) is 22.3 Å². The van der Waals surface area contributed by atoms with E-state index in [1.54, 1.807) is 7.11 Å². The van der Waals surface area contributed by atoms with Crippen LogP contribution in [0.2, 0.25) is 0 Å². The highest BCUT2D eigenvalue weighted by molar-refractivity contribution is 5.58. The smallest absolute Gasteiger partial charge is 0.169 e. The third-order valence-corrected chi connectivity index (χ3v) is 4.07. The van der Waals surface area contributed by atoms with Gasteiger partial charge in [-0.2, -0.15) is 10.4 Å². The number of hydrogen-bond donors (Lipinski definition) is 0. The van der Waals surface area contributed by atoms with E-state index in [9.17, 15) is 5.26 Å². The van der Waals surface area contributed by atoms with Crippen molar-refractivity contribution < 1.29 is 9.47 Å². The van der Waals surface area contributed by atoms with Gasteiger partial charge in [0.1, 0.15) is 11.6 Å². The van der Waals surface area contributed by atoms with Gasteiger partial charge in [-0.05, 0) is 32.3 Å². The van der Waals surface area contributed by atoms with Crippen molar-refractivity contribution >= 4 is 5.82 Å². The fourth-order valence-corrected chi connectivity index (χ4v) is 3.23. The van der Waals surface area contributed by atoms with Crippen LogP contribution in [0.15, 0.2) is 0 Å². The van der Waals surface area contributed by atoms with Crippen LogP contribution in [0, 0.1) is 11.3 Å². The Morgan fingerprint density at radius 1 is 1.35 bits per heavy atom. The highest BCUT2D eigenvalue weighted by Crippen LogP contribution is 2.29. The maximum atomic E-state index is 9.68. The topological polar surface area (TPSA) is 71.3 Å². The maximum Gasteiger partial charge on any atom is 0.169 e. The first kappa shape index (κ1) is 17.6. The van der Waals surface area contributed by atoms with Crippen molar-refractivity contribution in [1.82, 2.24) is 10.2 Å². The van der Waals surface area contributed by atoms with E-state index in [1.807, 2.05) is 20.8 Å². The second kappa shape index (κ2) is 7.24. The van der Waals surface area contributed by atoms with Crippen molar-refractivity contribution in [3.05, 3.63) is 16.8 Å². The number of hydrogen-bond acceptors (Lipinski definition) is 6. The Morgan fingerprint density at radius 2 is 2.09 bits per heavy atom. The molecule has 1 fully saturated rings. The predicted octanol–water partition coefficient (Wildman–Crippen LogP) is 2.10. The van der Waals surface area contributed by atoms with Gasteiger partial charge in [0.05, 0.1) is 24.0 Å². The Kier molecular flexibility index (Phi) is 5.55. The number of rotatable bonds is 5. The van der Waals surface area contributed by atoms with E-state index in [0.717, 1.165) is 24.1 Å². The Hall–Kier alpha value is -1.71. The highest BCUT2D eigenvalue weighted by atomic mass is 16.5. The SMILES string of the molecule is CCc1nnc(N2CC(COC)OC(C)(C)C2)c(C#N)c1CC. The lowest BCUT2D eigenvalue weighted by molar-refractivity contribution is -0.106. The van der Waals surface area contributed by atoms with Gasteiger partial charge in [0.2, 0.25) is 0 Å². The van der Waals surface area contributed by atoms with Gasteiger partial charge in [-0.25, -0.2) is 0 Å². The zero-order valence-corrected chi connectivity index (χ0v) is 14.7. The molecule has 0 aromatic carbocycles. The largest absolute Gasteiger partial charge is 0.382 e. The normalized spacial score (nSPS) is 20.3. The molecule has 2 heterocycles. The molecule has 1 aliphatic rings. The molecule has 6 nitrogen and oxygen atoms in total. The Morgan fingerprint density at radius 3 is 2.65 bits per heavy atom. The summed E-state index contributed by atoms with van der Waals surface area (Å²) in [4.78, 5) is 2.11. The molecule has 1 aromatic rings. The van der Waals surface area contributed by atoms with E-state index in [4.69, 9.17) is 9.47 Å². The third-order valence-electron chi connectivity index (χ3n) is 4.07. The number of nitriles is 1. The van der Waals surface area contributed by atoms with Crippen LogP contribution in [0.4, 0.5) is 5.82 Å². The first-order valence-corrected chi connectivity index (χ1v) is 8.16. The monoisotopic (exact) mass is 318 g/mol. The van der Waals surface area contributed by atoms with Gasteiger partial charge in [0, 0.05) is 20.2 Å². The maximum absolute atomic E-state index is 9.68. The zero-order chi connectivity index (χ0) is 17.0. The van der Waals surface area contributed by atoms with Crippen molar-refractivity contribution in [2.45, 2.75) is 52.2 Å². The number of ether oxygens (including phenoxy) is 2. The average Bonchev–Trinajstić information content (AvgIpc) is 2.51. The lowest BCUT2D eigenvalue weighted by Gasteiger charge is -2.43. The molecule has 2 rings (SSSR count). The zero-order valence-electron chi connectivity index (χ0n) is 14.7. The molecule has 23 heavy (non-hydrogen) atoms. The van der Waals surface area contributed by atoms with Crippen LogP contribution >= 0.6 is 0 Å². The van der Waals surface area contributed by atoms with E-state index in [0.29, 0.717) is 31.1 Å². The van der Waals surface area contributed by atoms with Gasteiger partial charge >= 0.3 is 0 Å². The number of anilines is 1. The molecule has 0 N–H and O–H groups in total. The van der Waals surface area contributed by atoms with Gasteiger partial charge < -0.3 is 14.4 Å². The van der Waals surface area contributed by atoms with E-state index in [2.05, 4.69) is 28.1 Å². The fraction of sp³-hybridized carbons (Fsp3) is 0.706. The lowest BCUT2D eigenvalue weighted by atomic mass is 10.0. The molecule has 126 valence electrons. The molecular weight excluding hydrogens is 292 g/mol. The van der Waals surface area contributed by atoms with Crippen LogP contribution in [-0.4, -0.2) is 48.7 Å². The summed E-state index contributed by atoms with van der Waals surface area (Å²) in [6.45, 7) is 10.0. The molecule has 1 aliphatic heterocycles. The first-order chi connectivity index (χ1) is 11.0. The Labute approximate surface area is 138 Å². The second-order valence-electron chi connectivity index (χ2n) is 6.48. The standard InChI is InChI=1S/C17H26N4O2/c1-6-13-14(8-18)16(20-19-15(13)7-2)21-9-12(10-22-5)23-17(3,4)11-21/h12H,6-7,9-11H2,1-5H3. The molecule has 0 radical (unpaired) electrons. The molecule has 0 spiro atoms. The molecule has 1 saturated heterocycles. The lowest BCUT2D eigenvalue weighted by Crippen LogP contribution is -2.54. The van der Waals surface area contributed by atoms with Crippen molar-refractivity contribution in [1.29, 1.82) is 5.26 Å². The predicted molar refractivity (Wildman–Crippen MR) is 88.5 cm³/mol. The third kappa shape index (κ3) is 3.80. The van der Waals surface area contributed by atoms with E-state index in [-0.39, 0.29) is 11.7 Å². The summed E-state index contributed by atoms with van der Waals surface area (Å²) in [5, 5.41) is 18.4. The molecule has 0 aliphatic carbocycles. The molecule has 1 atom stereocenters. The molecule has 1 aromatic heterocycles. The molecule has 0 amide bonds. The van der Waals surface area contributed by atoms with Crippen molar-refractivity contribution in [3.8, 4) is 6.07 Å². The van der Waals surface area contributed by atoms with E-state index < -0.39 is 0 Å². The summed E-state index contributed by atoms with van der Waals surface area (Å²) in [6.07, 6.45) is 1.52. The molecule has 6 heteroatoms. The minimum Gasteiger partial charge on any atom is -0.382 e. The number of morpholine rings is 1. The van der Waals surface area contributed by atoms with E-state index >= 15 is 0 Å². The molecule has 1 unspecified atom stereocenters. The molecule has 0 saturated carbocycles. The van der Waals surface area contributed by atoms with Gasteiger partial charge in [-0.15, -0.1) is 5.10 Å². The molecular formula is C17H26N4O2. The number of nitrogens with zero attached hydrogens (tertiary/aromatic N) is 4. The summed E-state index contributed by atoms with van der Waals surface area (Å²) < 4.78 is 11.3. The minimum atomic E-state index is -0.328. The number of aryl methyl sites for hydroxylation is 1. The summed E-state index contributed by atoms with van der Waals surface area (Å²) >= 11 is 0. The number of methoxy groups -OCH3 is 1. The second-order valence-corrected chi connectivity index (χ2v) is 6.48. The quantitative estimate of drug-likeness (QED) is 0.828. The molecule has 0 bridgehead atoms. The Balaban J connectivity index is 2.42. The fourth-order valence-electron chi connectivity index (χ4n) is 3.23. The van der Waals surface area contributed by atoms with Crippen molar-refractivity contribution in [2.75, 3.05) is 31.7 Å². The van der Waals surface area contributed by atoms with Crippen molar-refractivity contribution in [2.24, 2.45) is 0 Å². The summed E-state index contributed by atoms with van der Waals surface area (Å²) in [6, 6.07) is 2.35. The minimum absolute atomic E-state index is 0.0481. The van der Waals surface area contributed by atoms with Gasteiger partial charge in [-0.3, -0.25) is 0 Å². The van der Waals surface area contributed by atoms with Crippen LogP contribution in [0.25, 0.3) is 0 Å². The summed E-state index contributed by atoms with van der Waals surface area (Å²) in [5.41, 5.74) is 2.24.